The van der Waals surface area contributed by atoms with Gasteiger partial charge in [0.05, 0.1) is 29.6 Å². The zero-order chi connectivity index (χ0) is 21.6. The average Bonchev–Trinajstić information content (AvgIpc) is 3.25. The molecule has 1 aromatic heterocycles. The summed E-state index contributed by atoms with van der Waals surface area (Å²) in [5.41, 5.74) is 4.10. The third kappa shape index (κ3) is 3.34. The van der Waals surface area contributed by atoms with E-state index in [1.54, 1.807) is 12.3 Å². The number of nitrogens with zero attached hydrogens (tertiary/aromatic N) is 2. The predicted molar refractivity (Wildman–Crippen MR) is 117 cm³/mol. The van der Waals surface area contributed by atoms with Crippen LogP contribution in [0.25, 0.3) is 11.3 Å². The maximum atomic E-state index is 12.6. The summed E-state index contributed by atoms with van der Waals surface area (Å²) < 4.78 is 7.11. The number of methoxy groups -OCH3 is 1. The lowest BCUT2D eigenvalue weighted by Gasteiger charge is -2.34. The van der Waals surface area contributed by atoms with Crippen LogP contribution in [0.5, 0.6) is 0 Å². The third-order valence-electron chi connectivity index (χ3n) is 6.36. The van der Waals surface area contributed by atoms with E-state index in [0.29, 0.717) is 11.5 Å². The first-order chi connectivity index (χ1) is 14.3. The van der Waals surface area contributed by atoms with Gasteiger partial charge in [0.15, 0.2) is 11.2 Å². The first-order valence-electron chi connectivity index (χ1n) is 10.6. The van der Waals surface area contributed by atoms with Crippen LogP contribution in [-0.2, 0) is 11.2 Å². The minimum atomic E-state index is -0.375. The number of anilines is 1. The number of ketones is 1. The zero-order valence-corrected chi connectivity index (χ0v) is 18.0. The highest BCUT2D eigenvalue weighted by atomic mass is 16.5. The molecule has 0 saturated carbocycles. The molecule has 1 aromatic carbocycles. The lowest BCUT2D eigenvalue weighted by atomic mass is 9.85. The maximum Gasteiger partial charge on any atom is 0.339 e. The first-order valence-corrected chi connectivity index (χ1v) is 10.6. The van der Waals surface area contributed by atoms with Gasteiger partial charge in [-0.05, 0) is 49.8 Å². The summed E-state index contributed by atoms with van der Waals surface area (Å²) in [6.45, 7) is 7.57. The van der Waals surface area contributed by atoms with E-state index in [4.69, 9.17) is 4.74 Å². The quantitative estimate of drug-likeness (QED) is 0.568. The van der Waals surface area contributed by atoms with E-state index in [1.807, 2.05) is 10.6 Å². The second-order valence-electron chi connectivity index (χ2n) is 8.63. The van der Waals surface area contributed by atoms with E-state index in [9.17, 15) is 14.4 Å². The number of hydrogen-bond donors (Lipinski definition) is 0. The van der Waals surface area contributed by atoms with Crippen LogP contribution in [0.4, 0.5) is 5.69 Å². The van der Waals surface area contributed by atoms with Crippen LogP contribution < -0.4 is 10.3 Å². The van der Waals surface area contributed by atoms with Crippen molar-refractivity contribution in [3.63, 3.8) is 0 Å². The molecule has 158 valence electrons. The fourth-order valence-corrected chi connectivity index (χ4v) is 4.72. The molecule has 6 nitrogen and oxygen atoms in total. The van der Waals surface area contributed by atoms with Crippen LogP contribution in [0.15, 0.2) is 29.2 Å². The molecule has 1 saturated heterocycles. The molecular formula is C24H28N2O4. The molecule has 2 aliphatic rings. The SMILES string of the molecule is COC(=O)c1cc2c(cc1N1CCCC1)CC(C(C)C)n1cc(C(C)=O)c(=O)cc1-2. The van der Waals surface area contributed by atoms with Gasteiger partial charge in [-0.3, -0.25) is 9.59 Å². The molecular weight excluding hydrogens is 380 g/mol. The molecule has 3 heterocycles. The van der Waals surface area contributed by atoms with Crippen LogP contribution in [0.3, 0.4) is 0 Å². The molecule has 0 amide bonds. The molecule has 4 rings (SSSR count). The fourth-order valence-electron chi connectivity index (χ4n) is 4.72. The second-order valence-corrected chi connectivity index (χ2v) is 8.63. The van der Waals surface area contributed by atoms with Crippen LogP contribution in [0.1, 0.15) is 65.9 Å². The molecule has 0 spiro atoms. The Kier molecular flexibility index (Phi) is 5.26. The number of esters is 1. The summed E-state index contributed by atoms with van der Waals surface area (Å²) in [4.78, 5) is 39.5. The van der Waals surface area contributed by atoms with Gasteiger partial charge in [0.1, 0.15) is 0 Å². The predicted octanol–water partition coefficient (Wildman–Crippen LogP) is 3.86. The van der Waals surface area contributed by atoms with E-state index in [0.717, 1.165) is 54.9 Å². The van der Waals surface area contributed by atoms with Crippen molar-refractivity contribution in [1.82, 2.24) is 4.57 Å². The zero-order valence-electron chi connectivity index (χ0n) is 18.0. The number of Topliss-reactive ketones (excluding diaryl/α,β-unsaturated/α-hetero) is 1. The number of fused-ring (bicyclic) bond motifs is 3. The molecule has 6 heteroatoms. The number of rotatable bonds is 4. The third-order valence-corrected chi connectivity index (χ3v) is 6.36. The fraction of sp³-hybridized carbons (Fsp3) is 0.458. The number of benzene rings is 1. The average molecular weight is 408 g/mol. The largest absolute Gasteiger partial charge is 0.465 e. The van der Waals surface area contributed by atoms with E-state index >= 15 is 0 Å². The smallest absolute Gasteiger partial charge is 0.339 e. The Bertz CT molecular complexity index is 1080. The van der Waals surface area contributed by atoms with E-state index < -0.39 is 0 Å². The number of pyridine rings is 1. The van der Waals surface area contributed by atoms with Gasteiger partial charge in [-0.2, -0.15) is 0 Å². The van der Waals surface area contributed by atoms with Crippen molar-refractivity contribution in [3.8, 4) is 11.3 Å². The normalized spacial score (nSPS) is 17.6. The van der Waals surface area contributed by atoms with Crippen LogP contribution in [-0.4, -0.2) is 36.5 Å². The van der Waals surface area contributed by atoms with Crippen molar-refractivity contribution in [2.24, 2.45) is 5.92 Å². The molecule has 2 aromatic rings. The Morgan fingerprint density at radius 2 is 1.80 bits per heavy atom. The first kappa shape index (κ1) is 20.4. The van der Waals surface area contributed by atoms with Crippen LogP contribution in [0, 0.1) is 5.92 Å². The number of carbonyl (C=O) groups excluding carboxylic acids is 2. The number of carbonyl (C=O) groups is 2. The summed E-state index contributed by atoms with van der Waals surface area (Å²) in [5.74, 6) is -0.294. The molecule has 30 heavy (non-hydrogen) atoms. The molecule has 0 radical (unpaired) electrons. The molecule has 1 fully saturated rings. The Labute approximate surface area is 176 Å². The number of ether oxygens (including phenoxy) is 1. The second kappa shape index (κ2) is 7.74. The summed E-state index contributed by atoms with van der Waals surface area (Å²) >= 11 is 0. The minimum Gasteiger partial charge on any atom is -0.465 e. The standard InChI is InChI=1S/C24H28N2O4/c1-14(2)20-9-16-10-21(25-7-5-6-8-25)18(24(29)30-4)11-17(16)22-12-23(28)19(15(3)27)13-26(20)22/h10-14,20H,5-9H2,1-4H3. The molecule has 0 bridgehead atoms. The highest BCUT2D eigenvalue weighted by molar-refractivity contribution is 5.98. The molecule has 0 N–H and O–H groups in total. The van der Waals surface area contributed by atoms with Gasteiger partial charge in [-0.1, -0.05) is 13.8 Å². The summed E-state index contributed by atoms with van der Waals surface area (Å²) in [5, 5.41) is 0. The van der Waals surface area contributed by atoms with Gasteiger partial charge < -0.3 is 14.2 Å². The van der Waals surface area contributed by atoms with Crippen molar-refractivity contribution in [2.75, 3.05) is 25.1 Å². The van der Waals surface area contributed by atoms with E-state index in [2.05, 4.69) is 24.8 Å². The molecule has 0 aliphatic carbocycles. The van der Waals surface area contributed by atoms with E-state index in [-0.39, 0.29) is 28.8 Å². The van der Waals surface area contributed by atoms with Gasteiger partial charge in [-0.25, -0.2) is 4.79 Å². The van der Waals surface area contributed by atoms with E-state index in [1.165, 1.54) is 14.0 Å². The summed E-state index contributed by atoms with van der Waals surface area (Å²) in [7, 11) is 1.39. The topological polar surface area (TPSA) is 68.6 Å². The van der Waals surface area contributed by atoms with Crippen molar-refractivity contribution < 1.29 is 14.3 Å². The van der Waals surface area contributed by atoms with Gasteiger partial charge in [0, 0.05) is 37.0 Å². The summed E-state index contributed by atoms with van der Waals surface area (Å²) in [6, 6.07) is 5.64. The molecule has 1 unspecified atom stereocenters. The molecule has 1 atom stereocenters. The maximum absolute atomic E-state index is 12.6. The van der Waals surface area contributed by atoms with Gasteiger partial charge in [0.25, 0.3) is 0 Å². The van der Waals surface area contributed by atoms with Gasteiger partial charge >= 0.3 is 5.97 Å². The van der Waals surface area contributed by atoms with Crippen molar-refractivity contribution in [1.29, 1.82) is 0 Å². The monoisotopic (exact) mass is 408 g/mol. The van der Waals surface area contributed by atoms with Crippen molar-refractivity contribution >= 4 is 17.4 Å². The van der Waals surface area contributed by atoms with Gasteiger partial charge in [0.2, 0.25) is 0 Å². The Hall–Kier alpha value is -2.89. The Balaban J connectivity index is 1.97. The van der Waals surface area contributed by atoms with Crippen LogP contribution in [0.2, 0.25) is 0 Å². The highest BCUT2D eigenvalue weighted by Crippen LogP contribution is 2.41. The Morgan fingerprint density at radius 3 is 2.40 bits per heavy atom. The lowest BCUT2D eigenvalue weighted by Crippen LogP contribution is -2.29. The summed E-state index contributed by atoms with van der Waals surface area (Å²) in [6.07, 6.45) is 4.69. The number of hydrogen-bond acceptors (Lipinski definition) is 5. The van der Waals surface area contributed by atoms with Crippen LogP contribution >= 0.6 is 0 Å². The number of aromatic nitrogens is 1. The van der Waals surface area contributed by atoms with Crippen molar-refractivity contribution in [3.05, 3.63) is 51.3 Å². The van der Waals surface area contributed by atoms with Crippen molar-refractivity contribution in [2.45, 2.75) is 46.1 Å². The highest BCUT2D eigenvalue weighted by Gasteiger charge is 2.30. The van der Waals surface area contributed by atoms with Gasteiger partial charge in [-0.15, -0.1) is 0 Å². The Morgan fingerprint density at radius 1 is 1.10 bits per heavy atom. The minimum absolute atomic E-state index is 0.126. The molecule has 2 aliphatic heterocycles. The lowest BCUT2D eigenvalue weighted by molar-refractivity contribution is 0.0601.